The smallest absolute Gasteiger partial charge is 0.416 e. The Balaban J connectivity index is 1.46. The Morgan fingerprint density at radius 2 is 1.89 bits per heavy atom. The summed E-state index contributed by atoms with van der Waals surface area (Å²) in [5.74, 6) is 2.27. The second-order valence-corrected chi connectivity index (χ2v) is 7.19. The van der Waals surface area contributed by atoms with Crippen molar-refractivity contribution in [3.05, 3.63) is 65.5 Å². The Morgan fingerprint density at radius 3 is 2.68 bits per heavy atom. The summed E-state index contributed by atoms with van der Waals surface area (Å²) in [5.41, 5.74) is -0.0915. The number of thioether (sulfide) groups is 1. The van der Waals surface area contributed by atoms with Gasteiger partial charge in [0.05, 0.1) is 5.56 Å². The molecule has 146 valence electrons. The molecule has 0 radical (unpaired) electrons. The Morgan fingerprint density at radius 1 is 1.11 bits per heavy atom. The molecule has 0 fully saturated rings. The topological polar surface area (TPSA) is 49.2 Å². The van der Waals surface area contributed by atoms with Crippen LogP contribution in [-0.2, 0) is 19.0 Å². The lowest BCUT2D eigenvalue weighted by Gasteiger charge is -2.25. The van der Waals surface area contributed by atoms with Crippen LogP contribution in [0.25, 0.3) is 0 Å². The van der Waals surface area contributed by atoms with Crippen LogP contribution in [0.2, 0.25) is 0 Å². The standard InChI is InChI=1S/C19H16F3N3O2S/c1-25-17(16-10-26-14-7-2-3-8-15(14)27-16)23-24-18(25)28-11-12-5-4-6-13(9-12)19(20,21)22/h2-9,16H,10-11H2,1H3. The van der Waals surface area contributed by atoms with Crippen molar-refractivity contribution < 1.29 is 22.6 Å². The quantitative estimate of drug-likeness (QED) is 0.590. The maximum atomic E-state index is 12.9. The lowest BCUT2D eigenvalue weighted by molar-refractivity contribution is -0.137. The monoisotopic (exact) mass is 407 g/mol. The fourth-order valence-electron chi connectivity index (χ4n) is 2.86. The van der Waals surface area contributed by atoms with Gasteiger partial charge in [0, 0.05) is 12.8 Å². The summed E-state index contributed by atoms with van der Waals surface area (Å²) in [5, 5.41) is 8.93. The highest BCUT2D eigenvalue weighted by atomic mass is 32.2. The molecule has 0 aliphatic carbocycles. The first-order chi connectivity index (χ1) is 13.4. The minimum Gasteiger partial charge on any atom is -0.485 e. The number of rotatable bonds is 4. The van der Waals surface area contributed by atoms with Gasteiger partial charge in [0.1, 0.15) is 6.61 Å². The molecule has 5 nitrogen and oxygen atoms in total. The van der Waals surface area contributed by atoms with Gasteiger partial charge in [0.25, 0.3) is 0 Å². The molecule has 9 heteroatoms. The average Bonchev–Trinajstić information content (AvgIpc) is 3.06. The fourth-order valence-corrected chi connectivity index (χ4v) is 3.73. The predicted molar refractivity (Wildman–Crippen MR) is 97.3 cm³/mol. The lowest BCUT2D eigenvalue weighted by Crippen LogP contribution is -2.24. The molecule has 0 saturated carbocycles. The van der Waals surface area contributed by atoms with E-state index in [1.54, 1.807) is 17.7 Å². The predicted octanol–water partition coefficient (Wildman–Crippen LogP) is 4.64. The van der Waals surface area contributed by atoms with E-state index in [1.165, 1.54) is 17.8 Å². The van der Waals surface area contributed by atoms with Gasteiger partial charge in [-0.1, -0.05) is 42.1 Å². The van der Waals surface area contributed by atoms with Crippen molar-refractivity contribution in [3.63, 3.8) is 0 Å². The maximum absolute atomic E-state index is 12.9. The number of halogens is 3. The molecule has 1 aliphatic rings. The van der Waals surface area contributed by atoms with Crippen molar-refractivity contribution in [2.75, 3.05) is 6.61 Å². The molecule has 28 heavy (non-hydrogen) atoms. The molecule has 4 rings (SSSR count). The first-order valence-corrected chi connectivity index (χ1v) is 9.47. The Labute approximate surface area is 163 Å². The molecule has 1 atom stereocenters. The molecule has 1 unspecified atom stereocenters. The SMILES string of the molecule is Cn1c(SCc2cccc(C(F)(F)F)c2)nnc1C1COc2ccccc2O1. The van der Waals surface area contributed by atoms with Crippen LogP contribution in [-0.4, -0.2) is 21.4 Å². The molecule has 2 aromatic carbocycles. The van der Waals surface area contributed by atoms with Crippen LogP contribution in [0.15, 0.2) is 53.7 Å². The maximum Gasteiger partial charge on any atom is 0.416 e. The van der Waals surface area contributed by atoms with Gasteiger partial charge in [-0.3, -0.25) is 0 Å². The van der Waals surface area contributed by atoms with E-state index < -0.39 is 17.8 Å². The molecule has 0 N–H and O–H groups in total. The van der Waals surface area contributed by atoms with Gasteiger partial charge in [0.2, 0.25) is 0 Å². The summed E-state index contributed by atoms with van der Waals surface area (Å²) < 4.78 is 52.0. The summed E-state index contributed by atoms with van der Waals surface area (Å²) in [6.07, 6.45) is -4.76. The second kappa shape index (κ2) is 7.38. The summed E-state index contributed by atoms with van der Waals surface area (Å²) in [6, 6.07) is 12.7. The van der Waals surface area contributed by atoms with E-state index in [4.69, 9.17) is 9.47 Å². The highest BCUT2D eigenvalue weighted by Crippen LogP contribution is 2.36. The number of fused-ring (bicyclic) bond motifs is 1. The first kappa shape index (κ1) is 18.7. The molecule has 2 heterocycles. The third-order valence-corrected chi connectivity index (χ3v) is 5.38. The first-order valence-electron chi connectivity index (χ1n) is 8.48. The third-order valence-electron chi connectivity index (χ3n) is 4.29. The minimum atomic E-state index is -4.35. The van der Waals surface area contributed by atoms with E-state index in [2.05, 4.69) is 10.2 Å². The third kappa shape index (κ3) is 3.80. The molecule has 1 aromatic heterocycles. The average molecular weight is 407 g/mol. The van der Waals surface area contributed by atoms with Crippen molar-refractivity contribution in [2.45, 2.75) is 23.2 Å². The zero-order valence-electron chi connectivity index (χ0n) is 14.8. The summed E-state index contributed by atoms with van der Waals surface area (Å²) in [6.45, 7) is 0.307. The Kier molecular flexibility index (Phi) is 4.92. The van der Waals surface area contributed by atoms with Crippen molar-refractivity contribution in [1.82, 2.24) is 14.8 Å². The van der Waals surface area contributed by atoms with Crippen LogP contribution in [0.5, 0.6) is 11.5 Å². The summed E-state index contributed by atoms with van der Waals surface area (Å²) in [7, 11) is 1.80. The number of para-hydroxylation sites is 2. The molecular weight excluding hydrogens is 391 g/mol. The minimum absolute atomic E-state index is 0.307. The van der Waals surface area contributed by atoms with E-state index in [-0.39, 0.29) is 0 Å². The number of ether oxygens (including phenoxy) is 2. The van der Waals surface area contributed by atoms with E-state index in [0.29, 0.717) is 40.4 Å². The van der Waals surface area contributed by atoms with Gasteiger partial charge < -0.3 is 14.0 Å². The molecule has 3 aromatic rings. The van der Waals surface area contributed by atoms with Gasteiger partial charge in [-0.15, -0.1) is 10.2 Å². The number of aromatic nitrogens is 3. The van der Waals surface area contributed by atoms with Crippen LogP contribution in [0, 0.1) is 0 Å². The van der Waals surface area contributed by atoms with Crippen molar-refractivity contribution in [2.24, 2.45) is 7.05 Å². The van der Waals surface area contributed by atoms with Crippen molar-refractivity contribution in [3.8, 4) is 11.5 Å². The zero-order chi connectivity index (χ0) is 19.7. The van der Waals surface area contributed by atoms with Crippen LogP contribution < -0.4 is 9.47 Å². The normalized spacial score (nSPS) is 16.2. The van der Waals surface area contributed by atoms with Gasteiger partial charge in [-0.2, -0.15) is 13.2 Å². The largest absolute Gasteiger partial charge is 0.485 e. The summed E-state index contributed by atoms with van der Waals surface area (Å²) >= 11 is 1.32. The van der Waals surface area contributed by atoms with Gasteiger partial charge >= 0.3 is 6.18 Å². The fraction of sp³-hybridized carbons (Fsp3) is 0.263. The molecule has 0 spiro atoms. The number of nitrogens with zero attached hydrogens (tertiary/aromatic N) is 3. The Bertz CT molecular complexity index is 991. The van der Waals surface area contributed by atoms with Crippen LogP contribution >= 0.6 is 11.8 Å². The number of hydrogen-bond donors (Lipinski definition) is 0. The number of alkyl halides is 3. The molecule has 1 aliphatic heterocycles. The lowest BCUT2D eigenvalue weighted by atomic mass is 10.1. The van der Waals surface area contributed by atoms with E-state index >= 15 is 0 Å². The second-order valence-electron chi connectivity index (χ2n) is 6.25. The van der Waals surface area contributed by atoms with Crippen molar-refractivity contribution in [1.29, 1.82) is 0 Å². The zero-order valence-corrected chi connectivity index (χ0v) is 15.6. The highest BCUT2D eigenvalue weighted by molar-refractivity contribution is 7.98. The van der Waals surface area contributed by atoms with Crippen LogP contribution in [0.1, 0.15) is 23.1 Å². The summed E-state index contributed by atoms with van der Waals surface area (Å²) in [4.78, 5) is 0. The Hall–Kier alpha value is -2.68. The molecule has 0 bridgehead atoms. The van der Waals surface area contributed by atoms with E-state index in [9.17, 15) is 13.2 Å². The van der Waals surface area contributed by atoms with Crippen molar-refractivity contribution >= 4 is 11.8 Å². The van der Waals surface area contributed by atoms with Gasteiger partial charge in [0.15, 0.2) is 28.6 Å². The molecule has 0 amide bonds. The molecule has 0 saturated heterocycles. The van der Waals surface area contributed by atoms with Gasteiger partial charge in [-0.05, 0) is 23.8 Å². The number of benzene rings is 2. The van der Waals surface area contributed by atoms with E-state index in [1.807, 2.05) is 24.3 Å². The molecular formula is C19H16F3N3O2S. The van der Waals surface area contributed by atoms with Gasteiger partial charge in [-0.25, -0.2) is 0 Å². The van der Waals surface area contributed by atoms with Crippen LogP contribution in [0.3, 0.4) is 0 Å². The highest BCUT2D eigenvalue weighted by Gasteiger charge is 2.30. The van der Waals surface area contributed by atoms with E-state index in [0.717, 1.165) is 12.1 Å². The van der Waals surface area contributed by atoms with Crippen LogP contribution in [0.4, 0.5) is 13.2 Å². The number of hydrogen-bond acceptors (Lipinski definition) is 5.